The number of benzene rings is 2. The van der Waals surface area contributed by atoms with Gasteiger partial charge >= 0.3 is 0 Å². The Morgan fingerprint density at radius 3 is 2.41 bits per heavy atom. The van der Waals surface area contributed by atoms with Crippen molar-refractivity contribution in [2.75, 3.05) is 27.3 Å². The first kappa shape index (κ1) is 19.2. The molecule has 1 aliphatic heterocycles. The summed E-state index contributed by atoms with van der Waals surface area (Å²) in [4.78, 5) is 15.1. The lowest BCUT2D eigenvalue weighted by Crippen LogP contribution is -2.44. The van der Waals surface area contributed by atoms with Gasteiger partial charge < -0.3 is 14.8 Å². The number of nitrogens with zero attached hydrogens (tertiary/aromatic N) is 1. The number of rotatable bonds is 6. The molecule has 1 heterocycles. The zero-order valence-electron chi connectivity index (χ0n) is 16.5. The van der Waals surface area contributed by atoms with E-state index in [-0.39, 0.29) is 11.9 Å². The first-order valence-electron chi connectivity index (χ1n) is 9.35. The summed E-state index contributed by atoms with van der Waals surface area (Å²) in [7, 11) is 3.19. The van der Waals surface area contributed by atoms with Crippen molar-refractivity contribution in [1.29, 1.82) is 0 Å². The molecule has 5 nitrogen and oxygen atoms in total. The maximum atomic E-state index is 12.6. The molecule has 0 saturated heterocycles. The molecule has 0 aromatic heterocycles. The summed E-state index contributed by atoms with van der Waals surface area (Å²) < 4.78 is 10.7. The first-order chi connectivity index (χ1) is 13.0. The highest BCUT2D eigenvalue weighted by Crippen LogP contribution is 2.29. The van der Waals surface area contributed by atoms with E-state index < -0.39 is 0 Å². The van der Waals surface area contributed by atoms with Crippen LogP contribution in [0.3, 0.4) is 0 Å². The molecule has 3 rings (SSSR count). The molecular weight excluding hydrogens is 340 g/mol. The van der Waals surface area contributed by atoms with E-state index in [2.05, 4.69) is 41.4 Å². The molecule has 0 bridgehead atoms. The maximum Gasteiger partial charge on any atom is 0.251 e. The van der Waals surface area contributed by atoms with Gasteiger partial charge in [0, 0.05) is 36.8 Å². The van der Waals surface area contributed by atoms with Crippen LogP contribution in [0.25, 0.3) is 0 Å². The van der Waals surface area contributed by atoms with Crippen LogP contribution in [0, 0.1) is 6.92 Å². The van der Waals surface area contributed by atoms with Crippen LogP contribution >= 0.6 is 0 Å². The highest BCUT2D eigenvalue weighted by atomic mass is 16.5. The number of hydrogen-bond acceptors (Lipinski definition) is 4. The predicted molar refractivity (Wildman–Crippen MR) is 107 cm³/mol. The molecule has 27 heavy (non-hydrogen) atoms. The zero-order chi connectivity index (χ0) is 19.4. The number of carbonyl (C=O) groups is 1. The summed E-state index contributed by atoms with van der Waals surface area (Å²) in [6.45, 7) is 6.61. The number of methoxy groups -OCH3 is 2. The van der Waals surface area contributed by atoms with Gasteiger partial charge in [-0.3, -0.25) is 9.69 Å². The molecule has 0 radical (unpaired) electrons. The summed E-state index contributed by atoms with van der Waals surface area (Å²) in [5.41, 5.74) is 4.25. The van der Waals surface area contributed by atoms with Crippen molar-refractivity contribution in [2.45, 2.75) is 32.9 Å². The highest BCUT2D eigenvalue weighted by Gasteiger charge is 2.21. The van der Waals surface area contributed by atoms with Crippen LogP contribution in [0.5, 0.6) is 11.5 Å². The Hall–Kier alpha value is -2.53. The average Bonchev–Trinajstić information content (AvgIpc) is 2.71. The minimum absolute atomic E-state index is 0.115. The van der Waals surface area contributed by atoms with Crippen molar-refractivity contribution in [3.05, 3.63) is 58.7 Å². The van der Waals surface area contributed by atoms with Crippen molar-refractivity contribution in [3.63, 3.8) is 0 Å². The van der Waals surface area contributed by atoms with Gasteiger partial charge in [0.05, 0.1) is 14.2 Å². The lowest BCUT2D eigenvalue weighted by Gasteiger charge is -2.33. The third kappa shape index (κ3) is 4.25. The standard InChI is InChI=1S/C22H28N2O3/c1-15(24-10-9-17-7-5-6-8-18(17)14-24)13-23-22(25)19-11-20(26-3)16(2)21(12-19)27-4/h5-8,11-12,15H,9-10,13-14H2,1-4H3,(H,23,25). The van der Waals surface area contributed by atoms with Gasteiger partial charge in [-0.15, -0.1) is 0 Å². The van der Waals surface area contributed by atoms with Gasteiger partial charge in [0.2, 0.25) is 0 Å². The van der Waals surface area contributed by atoms with E-state index in [9.17, 15) is 4.79 Å². The zero-order valence-corrected chi connectivity index (χ0v) is 16.5. The molecule has 2 aromatic carbocycles. The topological polar surface area (TPSA) is 50.8 Å². The molecule has 1 unspecified atom stereocenters. The van der Waals surface area contributed by atoms with E-state index in [1.807, 2.05) is 6.92 Å². The van der Waals surface area contributed by atoms with Crippen LogP contribution in [-0.2, 0) is 13.0 Å². The van der Waals surface area contributed by atoms with Crippen molar-refractivity contribution in [3.8, 4) is 11.5 Å². The average molecular weight is 368 g/mol. The maximum absolute atomic E-state index is 12.6. The minimum atomic E-state index is -0.115. The molecular formula is C22H28N2O3. The Labute approximate surface area is 161 Å². The fraction of sp³-hybridized carbons (Fsp3) is 0.409. The van der Waals surface area contributed by atoms with E-state index in [1.165, 1.54) is 11.1 Å². The van der Waals surface area contributed by atoms with Gasteiger partial charge in [0.25, 0.3) is 5.91 Å². The SMILES string of the molecule is COc1cc(C(=O)NCC(C)N2CCc3ccccc3C2)cc(OC)c1C. The van der Waals surface area contributed by atoms with Gasteiger partial charge in [0.15, 0.2) is 0 Å². The second-order valence-electron chi connectivity index (χ2n) is 7.05. The number of nitrogens with one attached hydrogen (secondary N) is 1. The Kier molecular flexibility index (Phi) is 6.01. The van der Waals surface area contributed by atoms with Crippen LogP contribution in [0.15, 0.2) is 36.4 Å². The Morgan fingerprint density at radius 2 is 1.78 bits per heavy atom. The number of carbonyl (C=O) groups excluding carboxylic acids is 1. The Morgan fingerprint density at radius 1 is 1.15 bits per heavy atom. The molecule has 5 heteroatoms. The predicted octanol–water partition coefficient (Wildman–Crippen LogP) is 3.19. The van der Waals surface area contributed by atoms with Crippen molar-refractivity contribution < 1.29 is 14.3 Å². The first-order valence-corrected chi connectivity index (χ1v) is 9.35. The number of amides is 1. The van der Waals surface area contributed by atoms with Crippen LogP contribution in [0.1, 0.15) is 34.0 Å². The van der Waals surface area contributed by atoms with Crippen LogP contribution in [-0.4, -0.2) is 44.2 Å². The van der Waals surface area contributed by atoms with E-state index in [4.69, 9.17) is 9.47 Å². The lowest BCUT2D eigenvalue weighted by atomic mass is 9.99. The second-order valence-corrected chi connectivity index (χ2v) is 7.05. The van der Waals surface area contributed by atoms with E-state index in [1.54, 1.807) is 26.4 Å². The van der Waals surface area contributed by atoms with Crippen LogP contribution in [0.4, 0.5) is 0 Å². The molecule has 0 saturated carbocycles. The summed E-state index contributed by atoms with van der Waals surface area (Å²) in [6.07, 6.45) is 1.06. The molecule has 0 fully saturated rings. The van der Waals surface area contributed by atoms with Crippen molar-refractivity contribution in [2.24, 2.45) is 0 Å². The highest BCUT2D eigenvalue weighted by molar-refractivity contribution is 5.95. The third-order valence-corrected chi connectivity index (χ3v) is 5.36. The van der Waals surface area contributed by atoms with Gasteiger partial charge in [-0.05, 0) is 43.5 Å². The van der Waals surface area contributed by atoms with E-state index in [0.717, 1.165) is 25.1 Å². The second kappa shape index (κ2) is 8.44. The monoisotopic (exact) mass is 368 g/mol. The molecule has 1 amide bonds. The van der Waals surface area contributed by atoms with Gasteiger partial charge in [-0.1, -0.05) is 24.3 Å². The van der Waals surface area contributed by atoms with E-state index >= 15 is 0 Å². The fourth-order valence-corrected chi connectivity index (χ4v) is 3.58. The lowest BCUT2D eigenvalue weighted by molar-refractivity contribution is 0.0931. The summed E-state index contributed by atoms with van der Waals surface area (Å²) in [6, 6.07) is 12.4. The number of fused-ring (bicyclic) bond motifs is 1. The summed E-state index contributed by atoms with van der Waals surface area (Å²) >= 11 is 0. The van der Waals surface area contributed by atoms with Crippen LogP contribution in [0.2, 0.25) is 0 Å². The molecule has 1 aliphatic rings. The van der Waals surface area contributed by atoms with E-state index in [0.29, 0.717) is 23.6 Å². The number of ether oxygens (including phenoxy) is 2. The van der Waals surface area contributed by atoms with Gasteiger partial charge in [-0.25, -0.2) is 0 Å². The molecule has 2 aromatic rings. The molecule has 1 N–H and O–H groups in total. The fourth-order valence-electron chi connectivity index (χ4n) is 3.58. The Bertz CT molecular complexity index is 794. The van der Waals surface area contributed by atoms with Gasteiger partial charge in [-0.2, -0.15) is 0 Å². The molecule has 0 spiro atoms. The summed E-state index contributed by atoms with van der Waals surface area (Å²) in [5, 5.41) is 3.05. The Balaban J connectivity index is 1.62. The third-order valence-electron chi connectivity index (χ3n) is 5.36. The summed E-state index contributed by atoms with van der Waals surface area (Å²) in [5.74, 6) is 1.19. The van der Waals surface area contributed by atoms with Crippen LogP contribution < -0.4 is 14.8 Å². The minimum Gasteiger partial charge on any atom is -0.496 e. The smallest absolute Gasteiger partial charge is 0.251 e. The quantitative estimate of drug-likeness (QED) is 0.851. The molecule has 0 aliphatic carbocycles. The largest absolute Gasteiger partial charge is 0.496 e. The van der Waals surface area contributed by atoms with Crippen molar-refractivity contribution >= 4 is 5.91 Å². The normalized spacial score (nSPS) is 15.0. The van der Waals surface area contributed by atoms with Crippen molar-refractivity contribution in [1.82, 2.24) is 10.2 Å². The van der Waals surface area contributed by atoms with Gasteiger partial charge in [0.1, 0.15) is 11.5 Å². The molecule has 144 valence electrons. The number of hydrogen-bond donors (Lipinski definition) is 1. The molecule has 1 atom stereocenters.